The van der Waals surface area contributed by atoms with Gasteiger partial charge in [0, 0.05) is 11.5 Å². The van der Waals surface area contributed by atoms with Crippen LogP contribution >= 0.6 is 0 Å². The molecule has 2 aliphatic rings. The molecule has 1 heterocycles. The molecule has 0 spiro atoms. The summed E-state index contributed by atoms with van der Waals surface area (Å²) in [5.74, 6) is 0.646. The predicted molar refractivity (Wildman–Crippen MR) is 67.9 cm³/mol. The van der Waals surface area contributed by atoms with Crippen molar-refractivity contribution in [1.29, 1.82) is 0 Å². The quantitative estimate of drug-likeness (QED) is 0.732. The molecule has 16 heavy (non-hydrogen) atoms. The van der Waals surface area contributed by atoms with E-state index in [0.717, 1.165) is 6.04 Å². The van der Waals surface area contributed by atoms with E-state index in [2.05, 4.69) is 50.1 Å². The predicted octanol–water partition coefficient (Wildman–Crippen LogP) is 3.16. The second-order valence-corrected chi connectivity index (χ2v) is 5.88. The SMILES string of the molecule is CC(C)c1ccc(C23CCN(C)C2C3)cc1. The van der Waals surface area contributed by atoms with Gasteiger partial charge in [0.1, 0.15) is 0 Å². The van der Waals surface area contributed by atoms with Crippen molar-refractivity contribution in [1.82, 2.24) is 4.90 Å². The Hall–Kier alpha value is -0.820. The third kappa shape index (κ3) is 1.34. The first kappa shape index (κ1) is 10.3. The van der Waals surface area contributed by atoms with Crippen molar-refractivity contribution in [3.05, 3.63) is 35.4 Å². The maximum Gasteiger partial charge on any atom is 0.0199 e. The van der Waals surface area contributed by atoms with Crippen LogP contribution in [0.4, 0.5) is 0 Å². The summed E-state index contributed by atoms with van der Waals surface area (Å²) in [7, 11) is 2.27. The highest BCUT2D eigenvalue weighted by Gasteiger charge is 2.60. The van der Waals surface area contributed by atoms with Gasteiger partial charge in [-0.15, -0.1) is 0 Å². The molecule has 1 saturated carbocycles. The molecule has 0 amide bonds. The number of hydrogen-bond acceptors (Lipinski definition) is 1. The molecule has 86 valence electrons. The second-order valence-electron chi connectivity index (χ2n) is 5.88. The van der Waals surface area contributed by atoms with Gasteiger partial charge in [-0.3, -0.25) is 0 Å². The van der Waals surface area contributed by atoms with E-state index in [4.69, 9.17) is 0 Å². The van der Waals surface area contributed by atoms with Crippen LogP contribution in [0.1, 0.15) is 43.7 Å². The van der Waals surface area contributed by atoms with E-state index >= 15 is 0 Å². The van der Waals surface area contributed by atoms with E-state index < -0.39 is 0 Å². The maximum atomic E-state index is 2.52. The van der Waals surface area contributed by atoms with Gasteiger partial charge in [-0.1, -0.05) is 38.1 Å². The molecule has 1 aliphatic heterocycles. The summed E-state index contributed by atoms with van der Waals surface area (Å²) in [5, 5.41) is 0. The summed E-state index contributed by atoms with van der Waals surface area (Å²) >= 11 is 0. The topological polar surface area (TPSA) is 3.24 Å². The molecule has 1 aromatic carbocycles. The summed E-state index contributed by atoms with van der Waals surface area (Å²) in [5.41, 5.74) is 3.57. The molecule has 2 fully saturated rings. The van der Waals surface area contributed by atoms with E-state index in [1.165, 1.54) is 24.9 Å². The van der Waals surface area contributed by atoms with Crippen molar-refractivity contribution in [3.63, 3.8) is 0 Å². The van der Waals surface area contributed by atoms with Gasteiger partial charge in [-0.05, 0) is 43.5 Å². The van der Waals surface area contributed by atoms with Crippen LogP contribution in [0.3, 0.4) is 0 Å². The van der Waals surface area contributed by atoms with Crippen molar-refractivity contribution in [2.24, 2.45) is 0 Å². The van der Waals surface area contributed by atoms with Crippen LogP contribution < -0.4 is 0 Å². The summed E-state index contributed by atoms with van der Waals surface area (Å²) < 4.78 is 0. The normalized spacial score (nSPS) is 33.1. The first-order valence-corrected chi connectivity index (χ1v) is 6.44. The Balaban J connectivity index is 1.87. The molecule has 0 N–H and O–H groups in total. The molecule has 2 atom stereocenters. The van der Waals surface area contributed by atoms with Gasteiger partial charge < -0.3 is 4.90 Å². The van der Waals surface area contributed by atoms with Crippen molar-refractivity contribution >= 4 is 0 Å². The van der Waals surface area contributed by atoms with Crippen LogP contribution in [-0.4, -0.2) is 24.5 Å². The molecule has 1 aromatic rings. The zero-order valence-electron chi connectivity index (χ0n) is 10.5. The molecule has 0 aromatic heterocycles. The minimum Gasteiger partial charge on any atom is -0.302 e. The second kappa shape index (κ2) is 3.33. The molecule has 1 saturated heterocycles. The smallest absolute Gasteiger partial charge is 0.0199 e. The van der Waals surface area contributed by atoms with E-state index in [1.54, 1.807) is 5.56 Å². The number of benzene rings is 1. The number of hydrogen-bond donors (Lipinski definition) is 0. The Bertz CT molecular complexity index is 392. The molecule has 1 heteroatoms. The minimum absolute atomic E-state index is 0.532. The van der Waals surface area contributed by atoms with Crippen molar-refractivity contribution in [3.8, 4) is 0 Å². The van der Waals surface area contributed by atoms with Crippen LogP contribution in [0.5, 0.6) is 0 Å². The van der Waals surface area contributed by atoms with Crippen LogP contribution in [0.15, 0.2) is 24.3 Å². The Morgan fingerprint density at radius 1 is 1.25 bits per heavy atom. The first-order chi connectivity index (χ1) is 7.63. The minimum atomic E-state index is 0.532. The van der Waals surface area contributed by atoms with E-state index in [0.29, 0.717) is 11.3 Å². The van der Waals surface area contributed by atoms with Crippen molar-refractivity contribution < 1.29 is 0 Å². The lowest BCUT2D eigenvalue weighted by Gasteiger charge is -2.13. The van der Waals surface area contributed by atoms with Crippen LogP contribution in [0, 0.1) is 0 Å². The fourth-order valence-corrected chi connectivity index (χ4v) is 3.32. The van der Waals surface area contributed by atoms with Crippen LogP contribution in [-0.2, 0) is 5.41 Å². The van der Waals surface area contributed by atoms with Gasteiger partial charge in [0.2, 0.25) is 0 Å². The number of nitrogens with zero attached hydrogens (tertiary/aromatic N) is 1. The third-order valence-corrected chi connectivity index (χ3v) is 4.63. The van der Waals surface area contributed by atoms with Gasteiger partial charge in [0.15, 0.2) is 0 Å². The number of piperidine rings is 1. The molecular weight excluding hydrogens is 194 g/mol. The van der Waals surface area contributed by atoms with E-state index in [9.17, 15) is 0 Å². The van der Waals surface area contributed by atoms with E-state index in [1.807, 2.05) is 0 Å². The lowest BCUT2D eigenvalue weighted by atomic mass is 9.91. The molecule has 1 nitrogen and oxygen atoms in total. The van der Waals surface area contributed by atoms with Gasteiger partial charge in [-0.2, -0.15) is 0 Å². The fraction of sp³-hybridized carbons (Fsp3) is 0.600. The number of likely N-dealkylation sites (N-methyl/N-ethyl adjacent to an activating group) is 1. The Labute approximate surface area is 98.5 Å². The largest absolute Gasteiger partial charge is 0.302 e. The fourth-order valence-electron chi connectivity index (χ4n) is 3.32. The number of likely N-dealkylation sites (tertiary alicyclic amines) is 1. The lowest BCUT2D eigenvalue weighted by Crippen LogP contribution is -2.17. The van der Waals surface area contributed by atoms with Crippen LogP contribution in [0.25, 0.3) is 0 Å². The van der Waals surface area contributed by atoms with Gasteiger partial charge in [-0.25, -0.2) is 0 Å². The van der Waals surface area contributed by atoms with Gasteiger partial charge in [0.05, 0.1) is 0 Å². The highest BCUT2D eigenvalue weighted by atomic mass is 15.2. The molecule has 3 rings (SSSR count). The Kier molecular flexibility index (Phi) is 2.16. The molecule has 2 unspecified atom stereocenters. The lowest BCUT2D eigenvalue weighted by molar-refractivity contribution is 0.369. The van der Waals surface area contributed by atoms with Crippen LogP contribution in [0.2, 0.25) is 0 Å². The average Bonchev–Trinajstić information content (AvgIpc) is 2.95. The summed E-state index contributed by atoms with van der Waals surface area (Å²) in [6, 6.07) is 10.2. The Morgan fingerprint density at radius 2 is 1.94 bits per heavy atom. The first-order valence-electron chi connectivity index (χ1n) is 6.44. The highest BCUT2D eigenvalue weighted by Crippen LogP contribution is 2.57. The molecule has 1 aliphatic carbocycles. The monoisotopic (exact) mass is 215 g/mol. The zero-order valence-corrected chi connectivity index (χ0v) is 10.5. The molecule has 0 bridgehead atoms. The van der Waals surface area contributed by atoms with Gasteiger partial charge >= 0.3 is 0 Å². The third-order valence-electron chi connectivity index (χ3n) is 4.63. The Morgan fingerprint density at radius 3 is 2.38 bits per heavy atom. The molecule has 0 radical (unpaired) electrons. The average molecular weight is 215 g/mol. The summed E-state index contributed by atoms with van der Waals surface area (Å²) in [6.45, 7) is 5.80. The maximum absolute atomic E-state index is 2.52. The number of rotatable bonds is 2. The number of fused-ring (bicyclic) bond motifs is 1. The van der Waals surface area contributed by atoms with E-state index in [-0.39, 0.29) is 0 Å². The van der Waals surface area contributed by atoms with Gasteiger partial charge in [0.25, 0.3) is 0 Å². The molecular formula is C15H21N. The summed E-state index contributed by atoms with van der Waals surface area (Å²) in [6.07, 6.45) is 2.74. The van der Waals surface area contributed by atoms with Crippen molar-refractivity contribution in [2.45, 2.75) is 44.1 Å². The zero-order chi connectivity index (χ0) is 11.3. The summed E-state index contributed by atoms with van der Waals surface area (Å²) in [4.78, 5) is 2.52. The standard InChI is InChI=1S/C15H21N/c1-11(2)12-4-6-13(7-5-12)15-8-9-16(3)14(15)10-15/h4-7,11,14H,8-10H2,1-3H3. The van der Waals surface area contributed by atoms with Crippen molar-refractivity contribution in [2.75, 3.05) is 13.6 Å². The highest BCUT2D eigenvalue weighted by molar-refractivity contribution is 5.40.